The van der Waals surface area contributed by atoms with E-state index in [1.807, 2.05) is 31.2 Å². The van der Waals surface area contributed by atoms with Crippen molar-refractivity contribution in [2.24, 2.45) is 21.5 Å². The lowest BCUT2D eigenvalue weighted by atomic mass is 10.0. The van der Waals surface area contributed by atoms with Gasteiger partial charge in [-0.2, -0.15) is 0 Å². The van der Waals surface area contributed by atoms with Crippen LogP contribution in [0.25, 0.3) is 10.9 Å². The zero-order chi connectivity index (χ0) is 53.1. The Hall–Kier alpha value is -6.92. The van der Waals surface area contributed by atoms with E-state index in [-0.39, 0.29) is 68.6 Å². The van der Waals surface area contributed by atoms with Crippen LogP contribution in [0.15, 0.2) is 82.6 Å². The Morgan fingerprint density at radius 2 is 1.50 bits per heavy atom. The highest BCUT2D eigenvalue weighted by Crippen LogP contribution is 2.25. The van der Waals surface area contributed by atoms with Gasteiger partial charge in [-0.3, -0.25) is 48.3 Å². The predicted molar refractivity (Wildman–Crippen MR) is 284 cm³/mol. The van der Waals surface area contributed by atoms with Crippen LogP contribution in [0.1, 0.15) is 69.9 Å². The first-order valence-electron chi connectivity index (χ1n) is 24.7. The number of carbonyl (C=O) groups excluding carboxylic acids is 8. The van der Waals surface area contributed by atoms with Gasteiger partial charge in [-0.15, -0.1) is 0 Å². The van der Waals surface area contributed by atoms with Crippen LogP contribution in [0.2, 0.25) is 0 Å². The summed E-state index contributed by atoms with van der Waals surface area (Å²) in [6.07, 6.45) is 7.23. The number of hydrogen-bond donors (Lipinski definition) is 11. The van der Waals surface area contributed by atoms with E-state index < -0.39 is 96.2 Å². The van der Waals surface area contributed by atoms with Crippen molar-refractivity contribution in [2.75, 3.05) is 31.2 Å². The molecule has 2 fully saturated rings. The van der Waals surface area contributed by atoms with E-state index in [1.165, 1.54) is 17.7 Å². The molecule has 0 spiro atoms. The van der Waals surface area contributed by atoms with E-state index >= 15 is 0 Å². The molecular weight excluding hydrogens is 991 g/mol. The molecule has 8 amide bonds. The Morgan fingerprint density at radius 3 is 2.18 bits per heavy atom. The van der Waals surface area contributed by atoms with Crippen LogP contribution in [0.5, 0.6) is 0 Å². The monoisotopic (exact) mass is 1060 g/mol. The second-order valence-electron chi connectivity index (χ2n) is 18.4. The number of aliphatic imine (C=N–C) groups is 2. The lowest BCUT2D eigenvalue weighted by Gasteiger charge is -2.29. The second kappa shape index (κ2) is 27.9. The van der Waals surface area contributed by atoms with Crippen molar-refractivity contribution in [2.45, 2.75) is 120 Å². The molecule has 4 heterocycles. The number of fused-ring (bicyclic) bond motifs is 1. The van der Waals surface area contributed by atoms with Crippen molar-refractivity contribution in [3.63, 3.8) is 0 Å². The highest BCUT2D eigenvalue weighted by Gasteiger charge is 2.37. The molecule has 2 aromatic carbocycles. The SMILES string of the molecule is CC(=O)N[C@H]1CCSSC[C@@H](C(=O)N[C@@H](CO)C(=O)N2CCC[C@H]2C)NC(=O)[C@H](Cc2c[nH]c3ccccc23)NC(=O)[C@H](CCCN=C(N)N)NC(=O)[C@@H](Cc2ccccc2)NC(=O)[C@H](CC2=CCC=N2)NC1=O. The third kappa shape index (κ3) is 16.5. The van der Waals surface area contributed by atoms with Gasteiger partial charge < -0.3 is 63.7 Å². The average Bonchev–Trinajstić information content (AvgIpc) is 4.16. The van der Waals surface area contributed by atoms with Gasteiger partial charge in [0.15, 0.2) is 5.96 Å². The topological polar surface area (TPSA) is 337 Å². The highest BCUT2D eigenvalue weighted by atomic mass is 33.1. The summed E-state index contributed by atoms with van der Waals surface area (Å²) in [4.78, 5) is 126. The Balaban J connectivity index is 1.39. The summed E-state index contributed by atoms with van der Waals surface area (Å²) in [6.45, 7) is 2.96. The number of allylic oxidation sites excluding steroid dienone is 1. The van der Waals surface area contributed by atoms with Crippen molar-refractivity contribution in [1.29, 1.82) is 0 Å². The smallest absolute Gasteiger partial charge is 0.247 e. The molecule has 13 N–H and O–H groups in total. The van der Waals surface area contributed by atoms with E-state index in [1.54, 1.807) is 53.7 Å². The van der Waals surface area contributed by atoms with Crippen LogP contribution in [0.4, 0.5) is 0 Å². The molecule has 8 atom stereocenters. The van der Waals surface area contributed by atoms with Gasteiger partial charge in [-0.05, 0) is 56.2 Å². The summed E-state index contributed by atoms with van der Waals surface area (Å²) >= 11 is 0. The minimum Gasteiger partial charge on any atom is -0.394 e. The number of rotatable bonds is 15. The first-order valence-corrected chi connectivity index (χ1v) is 27.2. The summed E-state index contributed by atoms with van der Waals surface area (Å²) in [7, 11) is 2.40. The van der Waals surface area contributed by atoms with Gasteiger partial charge in [0, 0.05) is 92.3 Å². The third-order valence-corrected chi connectivity index (χ3v) is 15.2. The molecule has 3 aliphatic heterocycles. The standard InChI is InChI=1S/C50H67N13O9S2/c1-29-11-10-21-63(29)49(72)41(27-64)61-48(71)42-28-74-73-22-18-37(56-30(2)65)44(67)60-40(25-33-14-8-19-53-33)47(70)58-38(23-31-12-4-3-5-13-31)45(68)57-36(17-9-20-54-50(51)52)43(66)59-39(46(69)62-42)24-32-26-55-35-16-7-6-15-34(32)35/h3-7,12-16,19,26,29,36-42,55,64H,8-11,17-18,20-25,27-28H2,1-2H3,(H,56,65)(H,57,68)(H,58,70)(H,59,66)(H,60,67)(H,61,71)(H,62,69)(H4,51,52,54)/t29-,36+,37+,38-,39+,40+,41+,42+/m1/s1. The molecule has 0 radical (unpaired) electrons. The fourth-order valence-corrected chi connectivity index (χ4v) is 11.1. The van der Waals surface area contributed by atoms with Crippen LogP contribution in [-0.2, 0) is 51.2 Å². The number of aromatic nitrogens is 1. The Bertz CT molecular complexity index is 2570. The number of nitrogens with zero attached hydrogens (tertiary/aromatic N) is 3. The van der Waals surface area contributed by atoms with Crippen molar-refractivity contribution >= 4 is 91.9 Å². The van der Waals surface area contributed by atoms with E-state index in [0.29, 0.717) is 29.8 Å². The third-order valence-electron chi connectivity index (χ3n) is 12.8. The molecule has 398 valence electrons. The molecule has 24 heteroatoms. The maximum Gasteiger partial charge on any atom is 0.247 e. The van der Waals surface area contributed by atoms with Crippen molar-refractivity contribution in [3.05, 3.63) is 83.7 Å². The number of para-hydroxylation sites is 1. The lowest BCUT2D eigenvalue weighted by molar-refractivity contribution is -0.139. The summed E-state index contributed by atoms with van der Waals surface area (Å²) in [6, 6.07) is 7.01. The molecule has 22 nitrogen and oxygen atoms in total. The largest absolute Gasteiger partial charge is 0.394 e. The number of amides is 8. The van der Waals surface area contributed by atoms with E-state index in [2.05, 4.69) is 52.2 Å². The number of nitrogens with two attached hydrogens (primary N) is 2. The summed E-state index contributed by atoms with van der Waals surface area (Å²) in [5.41, 5.74) is 13.8. The fourth-order valence-electron chi connectivity index (χ4n) is 8.85. The van der Waals surface area contributed by atoms with Gasteiger partial charge in [0.05, 0.1) is 6.61 Å². The Morgan fingerprint density at radius 1 is 0.838 bits per heavy atom. The van der Waals surface area contributed by atoms with E-state index in [4.69, 9.17) is 11.5 Å². The fraction of sp³-hybridized carbons (Fsp3) is 0.480. The molecule has 74 heavy (non-hydrogen) atoms. The second-order valence-corrected chi connectivity index (χ2v) is 21.0. The molecule has 3 aromatic rings. The van der Waals surface area contributed by atoms with Gasteiger partial charge in [-0.25, -0.2) is 0 Å². The maximum atomic E-state index is 14.8. The highest BCUT2D eigenvalue weighted by molar-refractivity contribution is 8.76. The summed E-state index contributed by atoms with van der Waals surface area (Å²) in [5.74, 6) is -5.57. The zero-order valence-corrected chi connectivity index (χ0v) is 43.1. The predicted octanol–water partition coefficient (Wildman–Crippen LogP) is -0.0430. The number of likely N-dealkylation sites (tertiary alicyclic amines) is 1. The lowest BCUT2D eigenvalue weighted by Crippen LogP contribution is -2.61. The first kappa shape index (κ1) is 56.4. The number of hydrogen-bond acceptors (Lipinski definition) is 13. The van der Waals surface area contributed by atoms with Gasteiger partial charge in [0.2, 0.25) is 47.3 Å². The van der Waals surface area contributed by atoms with Gasteiger partial charge in [0.25, 0.3) is 0 Å². The van der Waals surface area contributed by atoms with Crippen LogP contribution in [0, 0.1) is 0 Å². The van der Waals surface area contributed by atoms with Crippen molar-refractivity contribution < 1.29 is 43.5 Å². The molecule has 0 aliphatic carbocycles. The summed E-state index contributed by atoms with van der Waals surface area (Å²) in [5, 5.41) is 30.5. The van der Waals surface area contributed by atoms with Crippen LogP contribution >= 0.6 is 21.6 Å². The van der Waals surface area contributed by atoms with Crippen LogP contribution in [0.3, 0.4) is 0 Å². The number of aliphatic hydroxyl groups excluding tert-OH is 1. The number of aromatic amines is 1. The minimum atomic E-state index is -1.37. The van der Waals surface area contributed by atoms with Gasteiger partial charge in [0.1, 0.15) is 42.3 Å². The Kier molecular flexibility index (Phi) is 21.3. The van der Waals surface area contributed by atoms with Crippen LogP contribution < -0.4 is 48.7 Å². The normalized spacial score (nSPS) is 24.0. The number of guanidine groups is 1. The van der Waals surface area contributed by atoms with E-state index in [0.717, 1.165) is 34.5 Å². The molecule has 6 rings (SSSR count). The number of H-pyrrole nitrogens is 1. The zero-order valence-electron chi connectivity index (χ0n) is 41.5. The molecule has 2 saturated heterocycles. The first-order chi connectivity index (χ1) is 35.6. The van der Waals surface area contributed by atoms with E-state index in [9.17, 15) is 43.5 Å². The maximum absolute atomic E-state index is 14.8. The summed E-state index contributed by atoms with van der Waals surface area (Å²) < 4.78 is 0. The number of carbonyl (C=O) groups is 8. The molecule has 1 aromatic heterocycles. The number of aliphatic hydroxyl groups is 1. The number of nitrogens with one attached hydrogen (secondary N) is 8. The molecule has 0 bridgehead atoms. The van der Waals surface area contributed by atoms with Crippen molar-refractivity contribution in [1.82, 2.24) is 47.1 Å². The minimum absolute atomic E-state index is 0.0394. The average molecular weight is 1060 g/mol. The van der Waals surface area contributed by atoms with Crippen LogP contribution in [-0.4, -0.2) is 154 Å². The Labute approximate surface area is 437 Å². The van der Waals surface area contributed by atoms with Gasteiger partial charge >= 0.3 is 0 Å². The molecular formula is C50H67N13O9S2. The van der Waals surface area contributed by atoms with Gasteiger partial charge in [-0.1, -0.05) is 76.2 Å². The quantitative estimate of drug-likeness (QED) is 0.0413. The number of benzene rings is 2. The molecule has 0 unspecified atom stereocenters. The molecule has 0 saturated carbocycles. The van der Waals surface area contributed by atoms with Crippen molar-refractivity contribution in [3.8, 4) is 0 Å². The molecule has 3 aliphatic rings.